The predicted octanol–water partition coefficient (Wildman–Crippen LogP) is 4.45. The molecule has 1 aliphatic heterocycles. The van der Waals surface area contributed by atoms with E-state index in [-0.39, 0.29) is 6.79 Å². The summed E-state index contributed by atoms with van der Waals surface area (Å²) >= 11 is 6.12. The van der Waals surface area contributed by atoms with E-state index in [1.54, 1.807) is 6.20 Å². The minimum absolute atomic E-state index is 0.255. The Labute approximate surface area is 148 Å². The Kier molecular flexibility index (Phi) is 3.15. The second kappa shape index (κ2) is 5.50. The quantitative estimate of drug-likeness (QED) is 0.536. The highest BCUT2D eigenvalue weighted by Crippen LogP contribution is 2.36. The molecule has 0 aliphatic carbocycles. The first kappa shape index (κ1) is 14.3. The number of nitrogens with zero attached hydrogens (tertiary/aromatic N) is 3. The van der Waals surface area contributed by atoms with E-state index < -0.39 is 0 Å². The van der Waals surface area contributed by atoms with E-state index in [9.17, 15) is 0 Å². The highest BCUT2D eigenvalue weighted by atomic mass is 35.5. The number of hydrogen-bond donors (Lipinski definition) is 0. The molecule has 0 saturated carbocycles. The fourth-order valence-corrected chi connectivity index (χ4v) is 3.22. The van der Waals surface area contributed by atoms with Gasteiger partial charge in [-0.05, 0) is 42.0 Å². The molecule has 2 aromatic heterocycles. The second-order valence-corrected chi connectivity index (χ2v) is 6.14. The molecular weight excluding hydrogens is 338 g/mol. The van der Waals surface area contributed by atoms with E-state index in [0.29, 0.717) is 5.02 Å². The molecule has 0 bridgehead atoms. The SMILES string of the molecule is Clc1cccc(-c2cnn3c(-c4ccc5c(c4)OCO5)ccnc23)c1. The summed E-state index contributed by atoms with van der Waals surface area (Å²) in [5.74, 6) is 1.50. The predicted molar refractivity (Wildman–Crippen MR) is 95.0 cm³/mol. The molecule has 3 heterocycles. The molecule has 6 heteroatoms. The number of halogens is 1. The van der Waals surface area contributed by atoms with Crippen molar-refractivity contribution >= 4 is 17.2 Å². The molecule has 1 aliphatic rings. The minimum Gasteiger partial charge on any atom is -0.454 e. The smallest absolute Gasteiger partial charge is 0.231 e. The zero-order valence-electron chi connectivity index (χ0n) is 13.0. The van der Waals surface area contributed by atoms with Crippen LogP contribution in [0.4, 0.5) is 0 Å². The van der Waals surface area contributed by atoms with E-state index in [0.717, 1.165) is 39.5 Å². The molecule has 0 spiro atoms. The van der Waals surface area contributed by atoms with Gasteiger partial charge in [0.15, 0.2) is 17.1 Å². The van der Waals surface area contributed by atoms with Crippen molar-refractivity contribution in [2.45, 2.75) is 0 Å². The van der Waals surface area contributed by atoms with Gasteiger partial charge in [0.1, 0.15) is 0 Å². The van der Waals surface area contributed by atoms with Crippen LogP contribution in [-0.4, -0.2) is 21.4 Å². The standard InChI is InChI=1S/C19H12ClN3O2/c20-14-3-1-2-12(8-14)15-10-22-23-16(6-7-21-19(15)23)13-4-5-17-18(9-13)25-11-24-17/h1-10H,11H2. The Morgan fingerprint density at radius 2 is 1.88 bits per heavy atom. The minimum atomic E-state index is 0.255. The Morgan fingerprint density at radius 1 is 0.960 bits per heavy atom. The fourth-order valence-electron chi connectivity index (χ4n) is 3.03. The molecule has 5 rings (SSSR count). The highest BCUT2D eigenvalue weighted by molar-refractivity contribution is 6.30. The Bertz CT molecular complexity index is 1110. The van der Waals surface area contributed by atoms with Gasteiger partial charge in [0.2, 0.25) is 6.79 Å². The molecule has 0 saturated heterocycles. The van der Waals surface area contributed by atoms with Crippen LogP contribution < -0.4 is 9.47 Å². The summed E-state index contributed by atoms with van der Waals surface area (Å²) in [5.41, 5.74) is 4.61. The van der Waals surface area contributed by atoms with Crippen molar-refractivity contribution < 1.29 is 9.47 Å². The van der Waals surface area contributed by atoms with Crippen molar-refractivity contribution in [1.82, 2.24) is 14.6 Å². The van der Waals surface area contributed by atoms with Crippen LogP contribution in [0.2, 0.25) is 5.02 Å². The van der Waals surface area contributed by atoms with E-state index in [1.807, 2.05) is 59.2 Å². The number of benzene rings is 2. The molecule has 0 fully saturated rings. The van der Waals surface area contributed by atoms with Crippen LogP contribution in [-0.2, 0) is 0 Å². The lowest BCUT2D eigenvalue weighted by molar-refractivity contribution is 0.174. The van der Waals surface area contributed by atoms with E-state index >= 15 is 0 Å². The van der Waals surface area contributed by atoms with Crippen molar-refractivity contribution in [2.24, 2.45) is 0 Å². The van der Waals surface area contributed by atoms with Crippen LogP contribution in [0.15, 0.2) is 60.9 Å². The normalized spacial score (nSPS) is 12.7. The lowest BCUT2D eigenvalue weighted by atomic mass is 10.1. The van der Waals surface area contributed by atoms with Gasteiger partial charge in [-0.2, -0.15) is 5.10 Å². The molecule has 25 heavy (non-hydrogen) atoms. The van der Waals surface area contributed by atoms with Crippen molar-refractivity contribution in [3.63, 3.8) is 0 Å². The van der Waals surface area contributed by atoms with Crippen LogP contribution >= 0.6 is 11.6 Å². The van der Waals surface area contributed by atoms with Gasteiger partial charge >= 0.3 is 0 Å². The lowest BCUT2D eigenvalue weighted by Gasteiger charge is -2.06. The topological polar surface area (TPSA) is 48.7 Å². The van der Waals surface area contributed by atoms with Crippen LogP contribution in [0, 0.1) is 0 Å². The molecule has 0 atom stereocenters. The maximum absolute atomic E-state index is 6.12. The fraction of sp³-hybridized carbons (Fsp3) is 0.0526. The Balaban J connectivity index is 1.68. The van der Waals surface area contributed by atoms with Gasteiger partial charge in [-0.25, -0.2) is 9.50 Å². The van der Waals surface area contributed by atoms with Gasteiger partial charge in [-0.15, -0.1) is 0 Å². The molecule has 2 aromatic carbocycles. The van der Waals surface area contributed by atoms with Gasteiger partial charge in [0.25, 0.3) is 0 Å². The average molecular weight is 350 g/mol. The van der Waals surface area contributed by atoms with Gasteiger partial charge in [0.05, 0.1) is 11.9 Å². The molecular formula is C19H12ClN3O2. The monoisotopic (exact) mass is 349 g/mol. The van der Waals surface area contributed by atoms with E-state index in [1.165, 1.54) is 0 Å². The molecule has 122 valence electrons. The molecule has 5 nitrogen and oxygen atoms in total. The van der Waals surface area contributed by atoms with Crippen molar-refractivity contribution in [3.8, 4) is 33.9 Å². The van der Waals surface area contributed by atoms with Gasteiger partial charge in [0, 0.05) is 22.3 Å². The highest BCUT2D eigenvalue weighted by Gasteiger charge is 2.16. The maximum atomic E-state index is 6.12. The summed E-state index contributed by atoms with van der Waals surface area (Å²) < 4.78 is 12.7. The van der Waals surface area contributed by atoms with E-state index in [2.05, 4.69) is 10.1 Å². The zero-order valence-corrected chi connectivity index (χ0v) is 13.8. The zero-order chi connectivity index (χ0) is 16.8. The Morgan fingerprint density at radius 3 is 2.80 bits per heavy atom. The molecule has 0 N–H and O–H groups in total. The first-order valence-electron chi connectivity index (χ1n) is 7.78. The molecule has 0 amide bonds. The third kappa shape index (κ3) is 2.32. The Hall–Kier alpha value is -3.05. The second-order valence-electron chi connectivity index (χ2n) is 5.70. The maximum Gasteiger partial charge on any atom is 0.231 e. The largest absolute Gasteiger partial charge is 0.454 e. The van der Waals surface area contributed by atoms with Crippen LogP contribution in [0.3, 0.4) is 0 Å². The molecule has 0 radical (unpaired) electrons. The summed E-state index contributed by atoms with van der Waals surface area (Å²) in [5, 5.41) is 5.22. The third-order valence-electron chi connectivity index (χ3n) is 4.21. The van der Waals surface area contributed by atoms with Crippen LogP contribution in [0.1, 0.15) is 0 Å². The van der Waals surface area contributed by atoms with Gasteiger partial charge < -0.3 is 9.47 Å². The first-order chi connectivity index (χ1) is 12.3. The summed E-state index contributed by atoms with van der Waals surface area (Å²) in [6.07, 6.45) is 3.59. The lowest BCUT2D eigenvalue weighted by Crippen LogP contribution is -1.96. The summed E-state index contributed by atoms with van der Waals surface area (Å²) in [6.45, 7) is 0.255. The number of fused-ring (bicyclic) bond motifs is 2. The summed E-state index contributed by atoms with van der Waals surface area (Å²) in [4.78, 5) is 4.51. The molecule has 0 unspecified atom stereocenters. The van der Waals surface area contributed by atoms with E-state index in [4.69, 9.17) is 21.1 Å². The first-order valence-corrected chi connectivity index (χ1v) is 8.16. The van der Waals surface area contributed by atoms with Crippen molar-refractivity contribution in [1.29, 1.82) is 0 Å². The molecule has 4 aromatic rings. The van der Waals surface area contributed by atoms with Gasteiger partial charge in [-0.3, -0.25) is 0 Å². The third-order valence-corrected chi connectivity index (χ3v) is 4.44. The summed E-state index contributed by atoms with van der Waals surface area (Å²) in [7, 11) is 0. The number of aromatic nitrogens is 3. The van der Waals surface area contributed by atoms with Crippen LogP contribution in [0.5, 0.6) is 11.5 Å². The summed E-state index contributed by atoms with van der Waals surface area (Å²) in [6, 6.07) is 15.5. The average Bonchev–Trinajstić information content (AvgIpc) is 3.27. The van der Waals surface area contributed by atoms with Crippen molar-refractivity contribution in [2.75, 3.05) is 6.79 Å². The van der Waals surface area contributed by atoms with Crippen molar-refractivity contribution in [3.05, 3.63) is 65.9 Å². The number of rotatable bonds is 2. The van der Waals surface area contributed by atoms with Gasteiger partial charge in [-0.1, -0.05) is 23.7 Å². The number of hydrogen-bond acceptors (Lipinski definition) is 4. The van der Waals surface area contributed by atoms with Crippen LogP contribution in [0.25, 0.3) is 28.0 Å². The number of ether oxygens (including phenoxy) is 2.